The van der Waals surface area contributed by atoms with Crippen LogP contribution in [0.25, 0.3) is 11.0 Å². The lowest BCUT2D eigenvalue weighted by Gasteiger charge is -2.33. The highest BCUT2D eigenvalue weighted by Gasteiger charge is 2.25. The SMILES string of the molecule is CCC1CCCCC1NC(C)c1cc2ccccc2o1. The molecule has 1 N–H and O–H groups in total. The molecule has 3 rings (SSSR count). The molecule has 0 spiro atoms. The summed E-state index contributed by atoms with van der Waals surface area (Å²) in [6.45, 7) is 4.54. The van der Waals surface area contributed by atoms with Crippen molar-refractivity contribution < 1.29 is 4.42 Å². The molecule has 1 fully saturated rings. The first-order chi connectivity index (χ1) is 9.78. The minimum absolute atomic E-state index is 0.291. The minimum atomic E-state index is 0.291. The van der Waals surface area contributed by atoms with Gasteiger partial charge in [-0.25, -0.2) is 0 Å². The van der Waals surface area contributed by atoms with Crippen LogP contribution in [0.5, 0.6) is 0 Å². The van der Waals surface area contributed by atoms with Crippen molar-refractivity contribution in [2.24, 2.45) is 5.92 Å². The molecule has 0 radical (unpaired) electrons. The molecule has 1 aliphatic rings. The third-order valence-corrected chi connectivity index (χ3v) is 4.77. The van der Waals surface area contributed by atoms with E-state index in [9.17, 15) is 0 Å². The summed E-state index contributed by atoms with van der Waals surface area (Å²) in [5, 5.41) is 5.00. The zero-order chi connectivity index (χ0) is 13.9. The smallest absolute Gasteiger partial charge is 0.134 e. The first kappa shape index (κ1) is 13.7. The van der Waals surface area contributed by atoms with Crippen molar-refractivity contribution >= 4 is 11.0 Å². The van der Waals surface area contributed by atoms with Crippen molar-refractivity contribution in [3.8, 4) is 0 Å². The fourth-order valence-corrected chi connectivity index (χ4v) is 3.53. The van der Waals surface area contributed by atoms with Crippen molar-refractivity contribution in [1.82, 2.24) is 5.32 Å². The van der Waals surface area contributed by atoms with E-state index >= 15 is 0 Å². The molecule has 1 aliphatic carbocycles. The summed E-state index contributed by atoms with van der Waals surface area (Å²) >= 11 is 0. The summed E-state index contributed by atoms with van der Waals surface area (Å²) in [6.07, 6.45) is 6.73. The van der Waals surface area contributed by atoms with E-state index in [2.05, 4.69) is 37.4 Å². The molecule has 3 unspecified atom stereocenters. The van der Waals surface area contributed by atoms with Gasteiger partial charge in [0.2, 0.25) is 0 Å². The van der Waals surface area contributed by atoms with E-state index in [0.717, 1.165) is 17.3 Å². The summed E-state index contributed by atoms with van der Waals surface area (Å²) in [6, 6.07) is 11.4. The van der Waals surface area contributed by atoms with Crippen molar-refractivity contribution in [2.75, 3.05) is 0 Å². The number of hydrogen-bond donors (Lipinski definition) is 1. The van der Waals surface area contributed by atoms with Crippen LogP contribution in [0, 0.1) is 5.92 Å². The number of furan rings is 1. The molecular weight excluding hydrogens is 246 g/mol. The molecular formula is C18H25NO. The molecule has 1 aromatic heterocycles. The van der Waals surface area contributed by atoms with E-state index in [4.69, 9.17) is 4.42 Å². The largest absolute Gasteiger partial charge is 0.459 e. The molecule has 0 amide bonds. The van der Waals surface area contributed by atoms with Crippen LogP contribution in [0.3, 0.4) is 0 Å². The van der Waals surface area contributed by atoms with Crippen LogP contribution < -0.4 is 5.32 Å². The van der Waals surface area contributed by atoms with Gasteiger partial charge in [-0.1, -0.05) is 44.4 Å². The third-order valence-electron chi connectivity index (χ3n) is 4.77. The van der Waals surface area contributed by atoms with E-state index in [1.165, 1.54) is 37.5 Å². The molecule has 1 saturated carbocycles. The van der Waals surface area contributed by atoms with E-state index in [1.54, 1.807) is 0 Å². The maximum atomic E-state index is 5.98. The number of hydrogen-bond acceptors (Lipinski definition) is 2. The van der Waals surface area contributed by atoms with Gasteiger partial charge < -0.3 is 9.73 Å². The lowest BCUT2D eigenvalue weighted by atomic mass is 9.82. The second-order valence-corrected chi connectivity index (χ2v) is 6.13. The van der Waals surface area contributed by atoms with Gasteiger partial charge in [-0.05, 0) is 37.8 Å². The molecule has 108 valence electrons. The molecule has 2 heteroatoms. The maximum Gasteiger partial charge on any atom is 0.134 e. The summed E-state index contributed by atoms with van der Waals surface area (Å²) in [5.41, 5.74) is 0.992. The standard InChI is InChI=1S/C18H25NO/c1-3-14-8-4-6-10-16(14)19-13(2)18-12-15-9-5-7-11-17(15)20-18/h5,7,9,11-14,16,19H,3-4,6,8,10H2,1-2H3. The average molecular weight is 271 g/mol. The van der Waals surface area contributed by atoms with Gasteiger partial charge in [0.1, 0.15) is 11.3 Å². The lowest BCUT2D eigenvalue weighted by molar-refractivity contribution is 0.233. The minimum Gasteiger partial charge on any atom is -0.459 e. The van der Waals surface area contributed by atoms with Crippen molar-refractivity contribution in [3.05, 3.63) is 36.1 Å². The number of fused-ring (bicyclic) bond motifs is 1. The molecule has 20 heavy (non-hydrogen) atoms. The zero-order valence-corrected chi connectivity index (χ0v) is 12.6. The Hall–Kier alpha value is -1.28. The zero-order valence-electron chi connectivity index (χ0n) is 12.6. The van der Waals surface area contributed by atoms with E-state index in [1.807, 2.05) is 12.1 Å². The summed E-state index contributed by atoms with van der Waals surface area (Å²) in [4.78, 5) is 0. The molecule has 0 aliphatic heterocycles. The summed E-state index contributed by atoms with van der Waals surface area (Å²) in [7, 11) is 0. The van der Waals surface area contributed by atoms with E-state index in [0.29, 0.717) is 12.1 Å². The number of benzene rings is 1. The van der Waals surface area contributed by atoms with Gasteiger partial charge in [0, 0.05) is 11.4 Å². The second kappa shape index (κ2) is 6.01. The molecule has 2 nitrogen and oxygen atoms in total. The van der Waals surface area contributed by atoms with E-state index < -0.39 is 0 Å². The highest BCUT2D eigenvalue weighted by Crippen LogP contribution is 2.30. The van der Waals surface area contributed by atoms with Crippen LogP contribution in [0.1, 0.15) is 57.8 Å². The Kier molecular flexibility index (Phi) is 4.11. The fraction of sp³-hybridized carbons (Fsp3) is 0.556. The quantitative estimate of drug-likeness (QED) is 0.841. The van der Waals surface area contributed by atoms with Crippen LogP contribution in [0.15, 0.2) is 34.7 Å². The first-order valence-electron chi connectivity index (χ1n) is 8.02. The Balaban J connectivity index is 1.73. The maximum absolute atomic E-state index is 5.98. The predicted octanol–water partition coefficient (Wildman–Crippen LogP) is 5.05. The van der Waals surface area contributed by atoms with E-state index in [-0.39, 0.29) is 0 Å². The Morgan fingerprint density at radius 3 is 2.85 bits per heavy atom. The molecule has 3 atom stereocenters. The monoisotopic (exact) mass is 271 g/mol. The van der Waals surface area contributed by atoms with Crippen molar-refractivity contribution in [1.29, 1.82) is 0 Å². The van der Waals surface area contributed by atoms with Crippen LogP contribution in [0.4, 0.5) is 0 Å². The lowest BCUT2D eigenvalue weighted by Crippen LogP contribution is -2.39. The summed E-state index contributed by atoms with van der Waals surface area (Å²) in [5.74, 6) is 1.89. The van der Waals surface area contributed by atoms with Crippen LogP contribution in [-0.2, 0) is 0 Å². The predicted molar refractivity (Wildman–Crippen MR) is 83.8 cm³/mol. The highest BCUT2D eigenvalue weighted by atomic mass is 16.3. The van der Waals surface area contributed by atoms with Gasteiger partial charge in [-0.15, -0.1) is 0 Å². The van der Waals surface area contributed by atoms with Gasteiger partial charge in [0.15, 0.2) is 0 Å². The van der Waals surface area contributed by atoms with Crippen molar-refractivity contribution in [2.45, 2.75) is 58.0 Å². The van der Waals surface area contributed by atoms with Crippen molar-refractivity contribution in [3.63, 3.8) is 0 Å². The third kappa shape index (κ3) is 2.76. The Bertz CT molecular complexity index is 526. The van der Waals surface area contributed by atoms with Crippen LogP contribution >= 0.6 is 0 Å². The Labute approximate surface area is 121 Å². The number of nitrogens with one attached hydrogen (secondary N) is 1. The Morgan fingerprint density at radius 2 is 2.05 bits per heavy atom. The second-order valence-electron chi connectivity index (χ2n) is 6.13. The summed E-state index contributed by atoms with van der Waals surface area (Å²) < 4.78 is 5.98. The van der Waals surface area contributed by atoms with Gasteiger partial charge in [0.05, 0.1) is 6.04 Å². The Morgan fingerprint density at radius 1 is 1.25 bits per heavy atom. The van der Waals surface area contributed by atoms with Crippen LogP contribution in [-0.4, -0.2) is 6.04 Å². The van der Waals surface area contributed by atoms with Gasteiger partial charge in [0.25, 0.3) is 0 Å². The van der Waals surface area contributed by atoms with Gasteiger partial charge in [-0.3, -0.25) is 0 Å². The molecule has 0 bridgehead atoms. The molecule has 1 aromatic carbocycles. The fourth-order valence-electron chi connectivity index (χ4n) is 3.53. The first-order valence-corrected chi connectivity index (χ1v) is 8.02. The highest BCUT2D eigenvalue weighted by molar-refractivity contribution is 5.77. The average Bonchev–Trinajstić information content (AvgIpc) is 2.92. The van der Waals surface area contributed by atoms with Gasteiger partial charge in [-0.2, -0.15) is 0 Å². The molecule has 1 heterocycles. The van der Waals surface area contributed by atoms with Gasteiger partial charge >= 0.3 is 0 Å². The number of rotatable bonds is 4. The van der Waals surface area contributed by atoms with Crippen LogP contribution in [0.2, 0.25) is 0 Å². The molecule has 0 saturated heterocycles. The molecule has 2 aromatic rings. The topological polar surface area (TPSA) is 25.2 Å². The number of para-hydroxylation sites is 1. The normalized spacial score (nSPS) is 24.9.